The van der Waals surface area contributed by atoms with Crippen molar-refractivity contribution in [2.24, 2.45) is 0 Å². The molecule has 0 saturated heterocycles. The van der Waals surface area contributed by atoms with Gasteiger partial charge in [0.25, 0.3) is 0 Å². The maximum Gasteiger partial charge on any atom is 0.338 e. The average Bonchev–Trinajstić information content (AvgIpc) is 2.71. The van der Waals surface area contributed by atoms with Crippen molar-refractivity contribution in [2.75, 3.05) is 20.3 Å². The van der Waals surface area contributed by atoms with E-state index in [4.69, 9.17) is 9.47 Å². The van der Waals surface area contributed by atoms with Crippen LogP contribution in [0.2, 0.25) is 0 Å². The Kier molecular flexibility index (Phi) is 6.40. The summed E-state index contributed by atoms with van der Waals surface area (Å²) in [5, 5.41) is 2.69. The normalized spacial score (nSPS) is 16.4. The third kappa shape index (κ3) is 4.30. The van der Waals surface area contributed by atoms with Crippen LogP contribution in [0.3, 0.4) is 0 Å². The van der Waals surface area contributed by atoms with Gasteiger partial charge in [-0.25, -0.2) is 14.0 Å². The van der Waals surface area contributed by atoms with E-state index in [2.05, 4.69) is 5.32 Å². The summed E-state index contributed by atoms with van der Waals surface area (Å²) < 4.78 is 25.6. The van der Waals surface area contributed by atoms with Crippen molar-refractivity contribution in [3.05, 3.63) is 76.2 Å². The molecule has 0 spiro atoms. The number of esters is 1. The van der Waals surface area contributed by atoms with Crippen LogP contribution in [0, 0.1) is 19.7 Å². The van der Waals surface area contributed by atoms with Gasteiger partial charge < -0.3 is 14.8 Å². The van der Waals surface area contributed by atoms with Crippen molar-refractivity contribution in [3.8, 4) is 5.75 Å². The Morgan fingerprint density at radius 3 is 2.57 bits per heavy atom. The number of ether oxygens (including phenoxy) is 2. The Bertz CT molecular complexity index is 1000. The SMILES string of the molecule is CCOC(=O)C1=C(COc2ccc(C)c(C)c2)N(C)C(=O)N[C@@H]1c1ccccc1F. The molecule has 1 aliphatic rings. The molecule has 6 nitrogen and oxygen atoms in total. The highest BCUT2D eigenvalue weighted by molar-refractivity contribution is 5.95. The van der Waals surface area contributed by atoms with Crippen LogP contribution >= 0.6 is 0 Å². The fraction of sp³-hybridized carbons (Fsp3) is 0.304. The molecule has 3 rings (SSSR count). The summed E-state index contributed by atoms with van der Waals surface area (Å²) >= 11 is 0. The summed E-state index contributed by atoms with van der Waals surface area (Å²) in [6, 6.07) is 10.2. The van der Waals surface area contributed by atoms with Crippen LogP contribution in [0.25, 0.3) is 0 Å². The van der Waals surface area contributed by atoms with Gasteiger partial charge in [0.2, 0.25) is 0 Å². The monoisotopic (exact) mass is 412 g/mol. The third-order valence-corrected chi connectivity index (χ3v) is 5.14. The molecule has 1 heterocycles. The van der Waals surface area contributed by atoms with Gasteiger partial charge in [0.1, 0.15) is 18.2 Å². The zero-order chi connectivity index (χ0) is 21.8. The van der Waals surface area contributed by atoms with Crippen molar-refractivity contribution in [1.82, 2.24) is 10.2 Å². The van der Waals surface area contributed by atoms with Crippen molar-refractivity contribution in [1.29, 1.82) is 0 Å². The van der Waals surface area contributed by atoms with Crippen molar-refractivity contribution >= 4 is 12.0 Å². The second kappa shape index (κ2) is 8.98. The van der Waals surface area contributed by atoms with Gasteiger partial charge in [-0.2, -0.15) is 0 Å². The number of hydrogen-bond donors (Lipinski definition) is 1. The molecule has 2 aromatic carbocycles. The number of urea groups is 1. The number of nitrogens with zero attached hydrogens (tertiary/aromatic N) is 1. The molecular weight excluding hydrogens is 387 g/mol. The zero-order valence-electron chi connectivity index (χ0n) is 17.5. The van der Waals surface area contributed by atoms with E-state index in [-0.39, 0.29) is 24.4 Å². The summed E-state index contributed by atoms with van der Waals surface area (Å²) in [7, 11) is 1.53. The van der Waals surface area contributed by atoms with E-state index in [9.17, 15) is 14.0 Å². The topological polar surface area (TPSA) is 67.9 Å². The molecule has 1 aliphatic heterocycles. The first kappa shape index (κ1) is 21.4. The van der Waals surface area contributed by atoms with Crippen LogP contribution in [0.5, 0.6) is 5.75 Å². The number of halogens is 1. The Hall–Kier alpha value is -3.35. The van der Waals surface area contributed by atoms with Crippen LogP contribution in [0.1, 0.15) is 29.7 Å². The number of rotatable bonds is 6. The lowest BCUT2D eigenvalue weighted by Crippen LogP contribution is -2.48. The minimum Gasteiger partial charge on any atom is -0.487 e. The molecule has 1 N–H and O–H groups in total. The van der Waals surface area contributed by atoms with Crippen LogP contribution in [-0.2, 0) is 9.53 Å². The second-order valence-corrected chi connectivity index (χ2v) is 7.08. The second-order valence-electron chi connectivity index (χ2n) is 7.08. The lowest BCUT2D eigenvalue weighted by molar-refractivity contribution is -0.139. The Labute approximate surface area is 175 Å². The number of carbonyl (C=O) groups is 2. The zero-order valence-corrected chi connectivity index (χ0v) is 17.5. The molecule has 2 amide bonds. The van der Waals surface area contributed by atoms with Gasteiger partial charge in [0.05, 0.1) is 23.9 Å². The van der Waals surface area contributed by atoms with Gasteiger partial charge in [-0.15, -0.1) is 0 Å². The number of likely N-dealkylation sites (N-methyl/N-ethyl adjacent to an activating group) is 1. The predicted octanol–water partition coefficient (Wildman–Crippen LogP) is 4.03. The number of nitrogens with one attached hydrogen (secondary N) is 1. The highest BCUT2D eigenvalue weighted by Crippen LogP contribution is 2.32. The third-order valence-electron chi connectivity index (χ3n) is 5.14. The van der Waals surface area contributed by atoms with Gasteiger partial charge in [0.15, 0.2) is 0 Å². The molecule has 0 bridgehead atoms. The first-order valence-corrected chi connectivity index (χ1v) is 9.72. The van der Waals surface area contributed by atoms with E-state index in [1.807, 2.05) is 32.0 Å². The number of hydrogen-bond acceptors (Lipinski definition) is 4. The Morgan fingerprint density at radius 2 is 1.90 bits per heavy atom. The number of amides is 2. The summed E-state index contributed by atoms with van der Waals surface area (Å²) in [4.78, 5) is 26.7. The number of carbonyl (C=O) groups excluding carboxylic acids is 2. The highest BCUT2D eigenvalue weighted by Gasteiger charge is 2.38. The van der Waals surface area contributed by atoms with E-state index in [0.717, 1.165) is 11.1 Å². The predicted molar refractivity (Wildman–Crippen MR) is 111 cm³/mol. The van der Waals surface area contributed by atoms with Crippen LogP contribution in [0.4, 0.5) is 9.18 Å². The van der Waals surface area contributed by atoms with Crippen molar-refractivity contribution < 1.29 is 23.5 Å². The molecule has 158 valence electrons. The molecule has 7 heteroatoms. The average molecular weight is 412 g/mol. The Morgan fingerprint density at radius 1 is 1.17 bits per heavy atom. The van der Waals surface area contributed by atoms with E-state index in [0.29, 0.717) is 11.4 Å². The maximum atomic E-state index is 14.5. The van der Waals surface area contributed by atoms with Crippen LogP contribution in [-0.4, -0.2) is 37.2 Å². The smallest absolute Gasteiger partial charge is 0.338 e. The quantitative estimate of drug-likeness (QED) is 0.728. The molecule has 0 fully saturated rings. The molecular formula is C23H25FN2O4. The first-order valence-electron chi connectivity index (χ1n) is 9.72. The fourth-order valence-corrected chi connectivity index (χ4v) is 3.28. The van der Waals surface area contributed by atoms with Crippen LogP contribution < -0.4 is 10.1 Å². The molecule has 0 unspecified atom stereocenters. The van der Waals surface area contributed by atoms with E-state index in [1.54, 1.807) is 19.1 Å². The van der Waals surface area contributed by atoms with Gasteiger partial charge >= 0.3 is 12.0 Å². The number of benzene rings is 2. The largest absolute Gasteiger partial charge is 0.487 e. The summed E-state index contributed by atoms with van der Waals surface area (Å²) in [5.74, 6) is -0.546. The highest BCUT2D eigenvalue weighted by atomic mass is 19.1. The maximum absolute atomic E-state index is 14.5. The standard InChI is InChI=1S/C23H25FN2O4/c1-5-29-22(27)20-19(13-30-16-11-10-14(2)15(3)12-16)26(4)23(28)25-21(20)17-8-6-7-9-18(17)24/h6-12,21H,5,13H2,1-4H3,(H,25,28)/t21-/m1/s1. The van der Waals surface area contributed by atoms with Gasteiger partial charge in [-0.3, -0.25) is 4.90 Å². The molecule has 0 aliphatic carbocycles. The van der Waals surface area contributed by atoms with Crippen molar-refractivity contribution in [3.63, 3.8) is 0 Å². The fourth-order valence-electron chi connectivity index (χ4n) is 3.28. The van der Waals surface area contributed by atoms with Crippen molar-refractivity contribution in [2.45, 2.75) is 26.8 Å². The van der Waals surface area contributed by atoms with E-state index in [1.165, 1.54) is 24.1 Å². The van der Waals surface area contributed by atoms with Gasteiger partial charge in [0, 0.05) is 12.6 Å². The lowest BCUT2D eigenvalue weighted by atomic mass is 9.94. The lowest BCUT2D eigenvalue weighted by Gasteiger charge is -2.34. The van der Waals surface area contributed by atoms with Gasteiger partial charge in [-0.05, 0) is 50.1 Å². The molecule has 0 radical (unpaired) electrons. The number of aryl methyl sites for hydroxylation is 2. The Balaban J connectivity index is 2.04. The first-order chi connectivity index (χ1) is 14.3. The van der Waals surface area contributed by atoms with E-state index >= 15 is 0 Å². The molecule has 1 atom stereocenters. The summed E-state index contributed by atoms with van der Waals surface area (Å²) in [6.07, 6.45) is 0. The molecule has 30 heavy (non-hydrogen) atoms. The van der Waals surface area contributed by atoms with Gasteiger partial charge in [-0.1, -0.05) is 24.3 Å². The summed E-state index contributed by atoms with van der Waals surface area (Å²) in [5.41, 5.74) is 2.84. The molecule has 2 aromatic rings. The van der Waals surface area contributed by atoms with E-state index < -0.39 is 23.9 Å². The summed E-state index contributed by atoms with van der Waals surface area (Å²) in [6.45, 7) is 5.76. The molecule has 0 saturated carbocycles. The minimum absolute atomic E-state index is 0.0501. The molecule has 0 aromatic heterocycles. The minimum atomic E-state index is -0.979. The van der Waals surface area contributed by atoms with Crippen LogP contribution in [0.15, 0.2) is 53.7 Å².